The second-order valence-electron chi connectivity index (χ2n) is 8.00. The molecule has 1 aliphatic rings. The molecule has 2 aromatic rings. The van der Waals surface area contributed by atoms with E-state index in [1.54, 1.807) is 19.1 Å². The summed E-state index contributed by atoms with van der Waals surface area (Å²) in [4.78, 5) is 54.4. The highest BCUT2D eigenvalue weighted by molar-refractivity contribution is 5.98. The van der Waals surface area contributed by atoms with E-state index in [9.17, 15) is 24.3 Å². The highest BCUT2D eigenvalue weighted by atomic mass is 16.4. The van der Waals surface area contributed by atoms with Crippen molar-refractivity contribution in [1.29, 1.82) is 0 Å². The van der Waals surface area contributed by atoms with Crippen LogP contribution in [0.3, 0.4) is 0 Å². The molecule has 168 valence electrons. The number of carboxylic acid groups (broad SMARTS) is 1. The topological polar surface area (TPSA) is 143 Å². The number of anilines is 1. The fraction of sp³-hybridized carbons (Fsp3) is 0.375. The lowest BCUT2D eigenvalue weighted by Crippen LogP contribution is -2.19. The third-order valence-corrected chi connectivity index (χ3v) is 5.78. The van der Waals surface area contributed by atoms with Gasteiger partial charge < -0.3 is 10.8 Å². The first-order chi connectivity index (χ1) is 15.3. The minimum atomic E-state index is -1.06. The Kier molecular flexibility index (Phi) is 7.35. The number of Topliss-reactive ketones (excluding diaryl/α,β-unsaturated/α-hetero) is 2. The maximum atomic E-state index is 12.5. The van der Waals surface area contributed by atoms with Gasteiger partial charge in [-0.05, 0) is 30.4 Å². The molecule has 0 fully saturated rings. The first-order valence-corrected chi connectivity index (χ1v) is 10.7. The summed E-state index contributed by atoms with van der Waals surface area (Å²) < 4.78 is 0. The van der Waals surface area contributed by atoms with Crippen molar-refractivity contribution in [3.8, 4) is 0 Å². The number of aryl methyl sites for hydroxylation is 1. The van der Waals surface area contributed by atoms with E-state index in [1.165, 1.54) is 0 Å². The van der Waals surface area contributed by atoms with E-state index < -0.39 is 11.9 Å². The Hall–Kier alpha value is -3.55. The van der Waals surface area contributed by atoms with Gasteiger partial charge in [0.1, 0.15) is 5.78 Å². The average molecular weight is 437 g/mol. The summed E-state index contributed by atoms with van der Waals surface area (Å²) in [7, 11) is 0. The van der Waals surface area contributed by atoms with Gasteiger partial charge in [-0.25, -0.2) is 4.98 Å². The molecule has 1 unspecified atom stereocenters. The van der Waals surface area contributed by atoms with Gasteiger partial charge in [-0.1, -0.05) is 37.3 Å². The molecular formula is C24H27N3O5. The van der Waals surface area contributed by atoms with Crippen LogP contribution < -0.4 is 11.3 Å². The van der Waals surface area contributed by atoms with Crippen molar-refractivity contribution in [2.45, 2.75) is 51.9 Å². The number of nitrogen functional groups attached to an aromatic ring is 1. The Morgan fingerprint density at radius 2 is 1.91 bits per heavy atom. The summed E-state index contributed by atoms with van der Waals surface area (Å²) in [5, 5.41) is 9.37. The number of fused-ring (bicyclic) bond motifs is 1. The molecule has 32 heavy (non-hydrogen) atoms. The Morgan fingerprint density at radius 1 is 1.19 bits per heavy atom. The van der Waals surface area contributed by atoms with Gasteiger partial charge in [0.15, 0.2) is 5.78 Å². The van der Waals surface area contributed by atoms with Crippen molar-refractivity contribution >= 4 is 29.1 Å². The van der Waals surface area contributed by atoms with Gasteiger partial charge in [-0.15, -0.1) is 0 Å². The van der Waals surface area contributed by atoms with E-state index in [4.69, 9.17) is 5.73 Å². The summed E-state index contributed by atoms with van der Waals surface area (Å²) >= 11 is 0. The summed E-state index contributed by atoms with van der Waals surface area (Å²) in [6, 6.07) is 7.07. The number of ketones is 2. The molecule has 8 heteroatoms. The number of carbonyl (C=O) groups is 3. The number of H-pyrrole nitrogens is 1. The molecule has 0 bridgehead atoms. The zero-order chi connectivity index (χ0) is 23.3. The third kappa shape index (κ3) is 5.57. The molecule has 0 radical (unpaired) electrons. The number of nitrogens with one attached hydrogen (secondary N) is 1. The molecular weight excluding hydrogens is 410 g/mol. The van der Waals surface area contributed by atoms with Crippen LogP contribution in [0.5, 0.6) is 0 Å². The van der Waals surface area contributed by atoms with Crippen molar-refractivity contribution in [3.63, 3.8) is 0 Å². The minimum Gasteiger partial charge on any atom is -0.481 e. The van der Waals surface area contributed by atoms with Gasteiger partial charge in [0.05, 0.1) is 17.2 Å². The van der Waals surface area contributed by atoms with Gasteiger partial charge in [-0.3, -0.25) is 24.2 Å². The number of allylic oxidation sites excluding steroid dienone is 2. The van der Waals surface area contributed by atoms with Gasteiger partial charge in [0.25, 0.3) is 5.56 Å². The lowest BCUT2D eigenvalue weighted by molar-refractivity contribution is -0.142. The number of nitrogens with zero attached hydrogens (tertiary/aromatic N) is 1. The highest BCUT2D eigenvalue weighted by Crippen LogP contribution is 2.27. The number of carbonyl (C=O) groups excluding carboxylic acids is 2. The Balaban J connectivity index is 1.58. The molecule has 0 aliphatic heterocycles. The summed E-state index contributed by atoms with van der Waals surface area (Å²) in [5.74, 6) is -2.07. The monoisotopic (exact) mass is 437 g/mol. The predicted molar refractivity (Wildman–Crippen MR) is 120 cm³/mol. The largest absolute Gasteiger partial charge is 0.481 e. The zero-order valence-corrected chi connectivity index (χ0v) is 18.0. The van der Waals surface area contributed by atoms with E-state index in [0.29, 0.717) is 42.5 Å². The molecule has 4 N–H and O–H groups in total. The van der Waals surface area contributed by atoms with Crippen molar-refractivity contribution in [2.75, 3.05) is 5.73 Å². The van der Waals surface area contributed by atoms with E-state index in [2.05, 4.69) is 9.97 Å². The number of aromatic nitrogens is 2. The number of hydrogen-bond acceptors (Lipinski definition) is 6. The molecule has 0 amide bonds. The number of aliphatic carboxylic acids is 1. The molecule has 1 atom stereocenters. The average Bonchev–Trinajstić information content (AvgIpc) is 3.17. The first kappa shape index (κ1) is 23.1. The number of benzene rings is 1. The number of aromatic amines is 1. The summed E-state index contributed by atoms with van der Waals surface area (Å²) in [6.07, 6.45) is 4.48. The molecule has 0 saturated carbocycles. The second-order valence-corrected chi connectivity index (χ2v) is 8.00. The van der Waals surface area contributed by atoms with Gasteiger partial charge in [-0.2, -0.15) is 0 Å². The van der Waals surface area contributed by atoms with Gasteiger partial charge >= 0.3 is 5.97 Å². The molecule has 1 aromatic carbocycles. The lowest BCUT2D eigenvalue weighted by Gasteiger charge is -2.11. The van der Waals surface area contributed by atoms with Crippen LogP contribution in [0.4, 0.5) is 5.95 Å². The highest BCUT2D eigenvalue weighted by Gasteiger charge is 2.23. The molecule has 3 rings (SSSR count). The smallest absolute Gasteiger partial charge is 0.306 e. The molecule has 0 spiro atoms. The van der Waals surface area contributed by atoms with Crippen molar-refractivity contribution in [2.24, 2.45) is 5.92 Å². The van der Waals surface area contributed by atoms with Crippen LogP contribution in [0.2, 0.25) is 0 Å². The molecule has 0 saturated heterocycles. The van der Waals surface area contributed by atoms with Crippen molar-refractivity contribution in [1.82, 2.24) is 9.97 Å². The third-order valence-electron chi connectivity index (χ3n) is 5.78. The Labute approximate surface area is 185 Å². The number of nitrogens with two attached hydrogens (primary N) is 1. The predicted octanol–water partition coefficient (Wildman–Crippen LogP) is 2.96. The molecule has 1 aliphatic carbocycles. The normalized spacial score (nSPS) is 13.3. The fourth-order valence-electron chi connectivity index (χ4n) is 3.87. The molecule has 1 heterocycles. The zero-order valence-electron chi connectivity index (χ0n) is 18.0. The number of hydrogen-bond donors (Lipinski definition) is 3. The SMILES string of the molecule is CCC(=O)CCC(CC(=O)c1ccc(CCC2=CCc3nc(N)[nH]c(=O)c32)cc1)C(=O)O. The second kappa shape index (κ2) is 10.2. The van der Waals surface area contributed by atoms with Gasteiger partial charge in [0.2, 0.25) is 5.95 Å². The number of rotatable bonds is 11. The van der Waals surface area contributed by atoms with Crippen LogP contribution in [0.1, 0.15) is 66.2 Å². The van der Waals surface area contributed by atoms with E-state index in [0.717, 1.165) is 11.1 Å². The van der Waals surface area contributed by atoms with Crippen LogP contribution >= 0.6 is 0 Å². The molecule has 1 aromatic heterocycles. The fourth-order valence-corrected chi connectivity index (χ4v) is 3.87. The Morgan fingerprint density at radius 3 is 2.56 bits per heavy atom. The standard InChI is InChI=1S/C24H27N3O5/c1-2-18(28)11-9-17(23(31)32)13-20(29)15-6-3-14(4-7-15)5-8-16-10-12-19-21(16)22(30)27-24(25)26-19/h3-4,6-7,10,17H,2,5,8-9,11-13H2,1H3,(H,31,32)(H3,25,26,27,30). The lowest BCUT2D eigenvalue weighted by atomic mass is 9.92. The molecule has 8 nitrogen and oxygen atoms in total. The van der Waals surface area contributed by atoms with E-state index in [-0.39, 0.29) is 42.3 Å². The van der Waals surface area contributed by atoms with E-state index >= 15 is 0 Å². The van der Waals surface area contributed by atoms with Crippen LogP contribution in [-0.2, 0) is 22.4 Å². The minimum absolute atomic E-state index is 0.00528. The first-order valence-electron chi connectivity index (χ1n) is 10.7. The Bertz CT molecular complexity index is 1120. The quantitative estimate of drug-likeness (QED) is 0.459. The number of carboxylic acids is 1. The van der Waals surface area contributed by atoms with Crippen molar-refractivity contribution < 1.29 is 19.5 Å². The van der Waals surface area contributed by atoms with Crippen LogP contribution in [0.15, 0.2) is 35.1 Å². The van der Waals surface area contributed by atoms with E-state index in [1.807, 2.05) is 18.2 Å². The van der Waals surface area contributed by atoms with Crippen LogP contribution in [0, 0.1) is 5.92 Å². The van der Waals surface area contributed by atoms with Crippen LogP contribution in [-0.4, -0.2) is 32.6 Å². The maximum Gasteiger partial charge on any atom is 0.306 e. The van der Waals surface area contributed by atoms with Gasteiger partial charge in [0, 0.05) is 31.2 Å². The summed E-state index contributed by atoms with van der Waals surface area (Å²) in [5.41, 5.74) is 9.03. The van der Waals surface area contributed by atoms with Crippen LogP contribution in [0.25, 0.3) is 5.57 Å². The summed E-state index contributed by atoms with van der Waals surface area (Å²) in [6.45, 7) is 1.73. The maximum absolute atomic E-state index is 12.5. The van der Waals surface area contributed by atoms with Crippen molar-refractivity contribution in [3.05, 3.63) is 63.1 Å².